The van der Waals surface area contributed by atoms with Crippen molar-refractivity contribution in [2.75, 3.05) is 39.9 Å². The molecule has 0 spiro atoms. The Balaban J connectivity index is 1.67. The third kappa shape index (κ3) is 4.42. The molecule has 0 radical (unpaired) electrons. The number of ether oxygens (including phenoxy) is 4. The van der Waals surface area contributed by atoms with Gasteiger partial charge in [-0.05, 0) is 29.3 Å². The average molecular weight is 440 g/mol. The average Bonchev–Trinajstić information content (AvgIpc) is 2.97. The number of para-hydroxylation sites is 1. The maximum atomic E-state index is 12.6. The first-order chi connectivity index (χ1) is 15.2. The fourth-order valence-electron chi connectivity index (χ4n) is 4.06. The summed E-state index contributed by atoms with van der Waals surface area (Å²) in [6.07, 6.45) is 1.53. The van der Waals surface area contributed by atoms with Gasteiger partial charge < -0.3 is 23.8 Å². The quantitative estimate of drug-likeness (QED) is 0.459. The molecular formula is C25H29NO6. The molecule has 1 aliphatic rings. The zero-order valence-electron chi connectivity index (χ0n) is 19.4. The predicted octanol–water partition coefficient (Wildman–Crippen LogP) is 3.68. The Labute approximate surface area is 188 Å². The fourth-order valence-corrected chi connectivity index (χ4v) is 4.06. The lowest BCUT2D eigenvalue weighted by Crippen LogP contribution is -2.25. The lowest BCUT2D eigenvalue weighted by molar-refractivity contribution is -0.146. The SMILES string of the molecule is COc1cc(CC(=O)OCC(=O)C=C2N(C)c3ccccc3C2(C)C)cc(OC)c1OC. The number of anilines is 1. The van der Waals surface area contributed by atoms with Gasteiger partial charge in [0.2, 0.25) is 5.75 Å². The van der Waals surface area contributed by atoms with Gasteiger partial charge >= 0.3 is 5.97 Å². The normalized spacial score (nSPS) is 15.3. The molecule has 0 fully saturated rings. The standard InChI is InChI=1S/C25H29NO6/c1-25(2)18-9-7-8-10-19(18)26(3)22(25)14-17(27)15-32-23(28)13-16-11-20(29-4)24(31-6)21(12-16)30-5/h7-12,14H,13,15H2,1-6H3. The van der Waals surface area contributed by atoms with Crippen LogP contribution in [-0.2, 0) is 26.2 Å². The molecule has 0 bridgehead atoms. The lowest BCUT2D eigenvalue weighted by Gasteiger charge is -2.23. The molecule has 7 nitrogen and oxygen atoms in total. The van der Waals surface area contributed by atoms with Crippen molar-refractivity contribution in [3.05, 3.63) is 59.3 Å². The van der Waals surface area contributed by atoms with Gasteiger partial charge in [0.05, 0.1) is 27.8 Å². The van der Waals surface area contributed by atoms with E-state index in [2.05, 4.69) is 19.9 Å². The minimum absolute atomic E-state index is 0.0304. The molecule has 0 unspecified atom stereocenters. The highest BCUT2D eigenvalue weighted by Gasteiger charge is 2.38. The molecule has 2 aromatic rings. The molecule has 2 aromatic carbocycles. The molecule has 170 valence electrons. The Morgan fingerprint density at radius 2 is 1.62 bits per heavy atom. The number of nitrogens with zero attached hydrogens (tertiary/aromatic N) is 1. The number of rotatable bonds is 8. The van der Waals surface area contributed by atoms with Gasteiger partial charge in [0, 0.05) is 29.9 Å². The number of esters is 1. The lowest BCUT2D eigenvalue weighted by atomic mass is 9.83. The minimum atomic E-state index is -0.520. The fraction of sp³-hybridized carbons (Fsp3) is 0.360. The summed E-state index contributed by atoms with van der Waals surface area (Å²) in [6, 6.07) is 11.4. The highest BCUT2D eigenvalue weighted by Crippen LogP contribution is 2.46. The summed E-state index contributed by atoms with van der Waals surface area (Å²) < 4.78 is 21.1. The number of hydrogen-bond acceptors (Lipinski definition) is 7. The Kier molecular flexibility index (Phi) is 6.77. The summed E-state index contributed by atoms with van der Waals surface area (Å²) >= 11 is 0. The van der Waals surface area contributed by atoms with Gasteiger partial charge in [0.25, 0.3) is 0 Å². The number of ketones is 1. The summed E-state index contributed by atoms with van der Waals surface area (Å²) in [7, 11) is 6.45. The van der Waals surface area contributed by atoms with Crippen LogP contribution in [0.15, 0.2) is 48.2 Å². The number of likely N-dealkylation sites (N-methyl/N-ethyl adjacent to an activating group) is 1. The molecule has 0 N–H and O–H groups in total. The van der Waals surface area contributed by atoms with Crippen molar-refractivity contribution >= 4 is 17.4 Å². The van der Waals surface area contributed by atoms with E-state index < -0.39 is 5.97 Å². The van der Waals surface area contributed by atoms with Crippen LogP contribution in [0, 0.1) is 0 Å². The Hall–Kier alpha value is -3.48. The number of benzene rings is 2. The molecule has 0 saturated carbocycles. The minimum Gasteiger partial charge on any atom is -0.493 e. The second kappa shape index (κ2) is 9.34. The van der Waals surface area contributed by atoms with Crippen LogP contribution in [0.4, 0.5) is 5.69 Å². The number of methoxy groups -OCH3 is 3. The van der Waals surface area contributed by atoms with E-state index in [9.17, 15) is 9.59 Å². The van der Waals surface area contributed by atoms with Crippen molar-refractivity contribution in [3.63, 3.8) is 0 Å². The maximum absolute atomic E-state index is 12.6. The van der Waals surface area contributed by atoms with E-state index in [-0.39, 0.29) is 24.2 Å². The van der Waals surface area contributed by atoms with Crippen LogP contribution in [-0.4, -0.2) is 46.7 Å². The monoisotopic (exact) mass is 439 g/mol. The van der Waals surface area contributed by atoms with Crippen LogP contribution >= 0.6 is 0 Å². The van der Waals surface area contributed by atoms with E-state index in [4.69, 9.17) is 18.9 Å². The summed E-state index contributed by atoms with van der Waals surface area (Å²) in [4.78, 5) is 27.0. The molecule has 0 aromatic heterocycles. The van der Waals surface area contributed by atoms with Crippen molar-refractivity contribution in [1.82, 2.24) is 0 Å². The Morgan fingerprint density at radius 3 is 2.19 bits per heavy atom. The second-order valence-electron chi connectivity index (χ2n) is 8.07. The summed E-state index contributed by atoms with van der Waals surface area (Å²) in [5, 5.41) is 0. The zero-order valence-corrected chi connectivity index (χ0v) is 19.4. The molecular weight excluding hydrogens is 410 g/mol. The van der Waals surface area contributed by atoms with E-state index in [0.29, 0.717) is 22.8 Å². The first-order valence-electron chi connectivity index (χ1n) is 10.3. The van der Waals surface area contributed by atoms with Crippen molar-refractivity contribution in [2.24, 2.45) is 0 Å². The van der Waals surface area contributed by atoms with Crippen LogP contribution in [0.2, 0.25) is 0 Å². The number of carbonyl (C=O) groups excluding carboxylic acids is 2. The van der Waals surface area contributed by atoms with E-state index in [1.807, 2.05) is 30.1 Å². The van der Waals surface area contributed by atoms with Gasteiger partial charge in [0.15, 0.2) is 23.9 Å². The number of carbonyl (C=O) groups is 2. The van der Waals surface area contributed by atoms with E-state index in [0.717, 1.165) is 16.9 Å². The van der Waals surface area contributed by atoms with Crippen LogP contribution < -0.4 is 19.1 Å². The predicted molar refractivity (Wildman–Crippen MR) is 122 cm³/mol. The van der Waals surface area contributed by atoms with Crippen LogP contribution in [0.1, 0.15) is 25.0 Å². The van der Waals surface area contributed by atoms with Gasteiger partial charge in [0.1, 0.15) is 0 Å². The molecule has 0 amide bonds. The summed E-state index contributed by atoms with van der Waals surface area (Å²) in [5.41, 5.74) is 3.39. The highest BCUT2D eigenvalue weighted by molar-refractivity contribution is 5.94. The second-order valence-corrected chi connectivity index (χ2v) is 8.07. The molecule has 7 heteroatoms. The van der Waals surface area contributed by atoms with Crippen molar-refractivity contribution in [2.45, 2.75) is 25.7 Å². The Morgan fingerprint density at radius 1 is 1.00 bits per heavy atom. The molecule has 1 heterocycles. The van der Waals surface area contributed by atoms with Crippen LogP contribution in [0.3, 0.4) is 0 Å². The molecule has 3 rings (SSSR count). The molecule has 32 heavy (non-hydrogen) atoms. The first kappa shape index (κ1) is 23.2. The van der Waals surface area contributed by atoms with Crippen LogP contribution in [0.5, 0.6) is 17.2 Å². The van der Waals surface area contributed by atoms with Crippen molar-refractivity contribution in [3.8, 4) is 17.2 Å². The van der Waals surface area contributed by atoms with Crippen molar-refractivity contribution in [1.29, 1.82) is 0 Å². The third-order valence-corrected chi connectivity index (χ3v) is 5.69. The summed E-state index contributed by atoms with van der Waals surface area (Å²) in [5.74, 6) is 0.542. The zero-order chi connectivity index (χ0) is 23.5. The molecule has 0 atom stereocenters. The molecule has 0 saturated heterocycles. The number of fused-ring (bicyclic) bond motifs is 1. The smallest absolute Gasteiger partial charge is 0.310 e. The molecule has 0 aliphatic carbocycles. The third-order valence-electron chi connectivity index (χ3n) is 5.69. The highest BCUT2D eigenvalue weighted by atomic mass is 16.5. The van der Waals surface area contributed by atoms with Gasteiger partial charge in [-0.25, -0.2) is 0 Å². The van der Waals surface area contributed by atoms with E-state index >= 15 is 0 Å². The Bertz CT molecular complexity index is 1030. The van der Waals surface area contributed by atoms with Gasteiger partial charge in [-0.1, -0.05) is 32.0 Å². The number of allylic oxidation sites excluding steroid dienone is 1. The topological polar surface area (TPSA) is 74.3 Å². The largest absolute Gasteiger partial charge is 0.493 e. The van der Waals surface area contributed by atoms with Gasteiger partial charge in [-0.3, -0.25) is 9.59 Å². The van der Waals surface area contributed by atoms with E-state index in [1.165, 1.54) is 21.3 Å². The number of hydrogen-bond donors (Lipinski definition) is 0. The van der Waals surface area contributed by atoms with E-state index in [1.54, 1.807) is 18.2 Å². The van der Waals surface area contributed by atoms with Gasteiger partial charge in [-0.2, -0.15) is 0 Å². The summed E-state index contributed by atoms with van der Waals surface area (Å²) in [6.45, 7) is 3.82. The maximum Gasteiger partial charge on any atom is 0.310 e. The molecule has 1 aliphatic heterocycles. The van der Waals surface area contributed by atoms with Crippen molar-refractivity contribution < 1.29 is 28.5 Å². The first-order valence-corrected chi connectivity index (χ1v) is 10.3. The van der Waals surface area contributed by atoms with Crippen LogP contribution in [0.25, 0.3) is 0 Å². The van der Waals surface area contributed by atoms with Gasteiger partial charge in [-0.15, -0.1) is 0 Å².